The van der Waals surface area contributed by atoms with E-state index in [-0.39, 0.29) is 24.6 Å². The van der Waals surface area contributed by atoms with Crippen LogP contribution in [-0.2, 0) is 6.61 Å². The van der Waals surface area contributed by atoms with Crippen LogP contribution in [0, 0.1) is 11.8 Å². The summed E-state index contributed by atoms with van der Waals surface area (Å²) >= 11 is 0. The monoisotopic (exact) mass is 378 g/mol. The van der Waals surface area contributed by atoms with Gasteiger partial charge in [-0.25, -0.2) is 0 Å². The van der Waals surface area contributed by atoms with Crippen LogP contribution in [0.5, 0.6) is 6.01 Å². The lowest BCUT2D eigenvalue weighted by Crippen LogP contribution is -2.19. The van der Waals surface area contributed by atoms with Gasteiger partial charge in [0.2, 0.25) is 17.8 Å². The largest absolute Gasteiger partial charge is 0.458 e. The summed E-state index contributed by atoms with van der Waals surface area (Å²) in [5.41, 5.74) is 12.4. The van der Waals surface area contributed by atoms with E-state index >= 15 is 0 Å². The molecule has 2 unspecified atom stereocenters. The molecular weight excluding hydrogens is 356 g/mol. The lowest BCUT2D eigenvalue weighted by atomic mass is 9.92. The first-order valence-electron chi connectivity index (χ1n) is 9.21. The minimum absolute atomic E-state index is 0.104. The van der Waals surface area contributed by atoms with Crippen LogP contribution in [-0.4, -0.2) is 26.9 Å². The zero-order valence-corrected chi connectivity index (χ0v) is 15.3. The molecule has 0 bridgehead atoms. The van der Waals surface area contributed by atoms with Gasteiger partial charge in [0, 0.05) is 11.6 Å². The molecule has 144 valence electrons. The number of nitrogens with zero attached hydrogens (tertiary/aromatic N) is 3. The average molecular weight is 378 g/mol. The number of nitrogen functional groups attached to an aromatic ring is 1. The van der Waals surface area contributed by atoms with E-state index in [1.54, 1.807) is 24.3 Å². The van der Waals surface area contributed by atoms with Crippen molar-refractivity contribution in [2.24, 2.45) is 17.6 Å². The van der Waals surface area contributed by atoms with Crippen LogP contribution in [0.15, 0.2) is 48.6 Å². The summed E-state index contributed by atoms with van der Waals surface area (Å²) in [6.45, 7) is 0.241. The summed E-state index contributed by atoms with van der Waals surface area (Å²) in [7, 11) is 0. The topological polar surface area (TPSA) is 129 Å². The molecule has 0 radical (unpaired) electrons. The number of carbonyl (C=O) groups excluding carboxylic acids is 1. The molecule has 28 heavy (non-hydrogen) atoms. The summed E-state index contributed by atoms with van der Waals surface area (Å²) in [6.07, 6.45) is 10.8. The van der Waals surface area contributed by atoms with Crippen molar-refractivity contribution < 1.29 is 9.53 Å². The maximum Gasteiger partial charge on any atom is 0.323 e. The van der Waals surface area contributed by atoms with Gasteiger partial charge >= 0.3 is 6.01 Å². The summed E-state index contributed by atoms with van der Waals surface area (Å²) in [6, 6.07) is 7.27. The van der Waals surface area contributed by atoms with Crippen molar-refractivity contribution in [2.45, 2.75) is 25.5 Å². The number of nitrogens with one attached hydrogen (secondary N) is 1. The highest BCUT2D eigenvalue weighted by atomic mass is 16.5. The van der Waals surface area contributed by atoms with Gasteiger partial charge in [0.05, 0.1) is 0 Å². The van der Waals surface area contributed by atoms with Crippen molar-refractivity contribution in [3.8, 4) is 6.01 Å². The van der Waals surface area contributed by atoms with E-state index in [2.05, 4.69) is 44.6 Å². The number of amides is 1. The number of benzene rings is 1. The van der Waals surface area contributed by atoms with Gasteiger partial charge in [-0.2, -0.15) is 15.0 Å². The second kappa shape index (κ2) is 7.67. The van der Waals surface area contributed by atoms with Crippen molar-refractivity contribution in [3.05, 3.63) is 59.7 Å². The molecule has 0 saturated heterocycles. The maximum atomic E-state index is 11.1. The number of anilines is 2. The molecule has 2 aliphatic carbocycles. The van der Waals surface area contributed by atoms with Crippen LogP contribution in [0.1, 0.15) is 28.8 Å². The molecule has 3 atom stereocenters. The Bertz CT molecular complexity index is 905. The molecule has 0 spiro atoms. The molecule has 1 fully saturated rings. The second-order valence-electron chi connectivity index (χ2n) is 7.06. The fourth-order valence-corrected chi connectivity index (χ4v) is 3.67. The number of hydrogen-bond donors (Lipinski definition) is 3. The molecule has 2 aromatic rings. The van der Waals surface area contributed by atoms with Crippen LogP contribution in [0.2, 0.25) is 0 Å². The highest BCUT2D eigenvalue weighted by molar-refractivity contribution is 5.92. The van der Waals surface area contributed by atoms with E-state index in [1.807, 2.05) is 0 Å². The van der Waals surface area contributed by atoms with Gasteiger partial charge in [-0.05, 0) is 42.4 Å². The Kier molecular flexibility index (Phi) is 4.92. The number of hydrogen-bond acceptors (Lipinski definition) is 7. The molecule has 1 amide bonds. The molecule has 2 aliphatic rings. The second-order valence-corrected chi connectivity index (χ2v) is 7.06. The maximum absolute atomic E-state index is 11.1. The molecule has 8 heteroatoms. The minimum atomic E-state index is -0.467. The number of allylic oxidation sites excluding steroid dienone is 4. The van der Waals surface area contributed by atoms with Crippen LogP contribution < -0.4 is 21.5 Å². The van der Waals surface area contributed by atoms with Crippen molar-refractivity contribution in [1.29, 1.82) is 0 Å². The SMILES string of the molecule is NC(=O)c1ccc(COc2nc(N)nc(NC3CC4C=CC=C[C@@H]4C3)n2)cc1. The van der Waals surface area contributed by atoms with Crippen LogP contribution >= 0.6 is 0 Å². The van der Waals surface area contributed by atoms with Gasteiger partial charge in [0.25, 0.3) is 0 Å². The van der Waals surface area contributed by atoms with E-state index in [9.17, 15) is 4.79 Å². The van der Waals surface area contributed by atoms with Crippen molar-refractivity contribution in [2.75, 3.05) is 11.1 Å². The van der Waals surface area contributed by atoms with E-state index < -0.39 is 5.91 Å². The van der Waals surface area contributed by atoms with Crippen LogP contribution in [0.25, 0.3) is 0 Å². The third kappa shape index (κ3) is 4.11. The number of aromatic nitrogens is 3. The van der Waals surface area contributed by atoms with Gasteiger partial charge in [0.1, 0.15) is 6.61 Å². The zero-order valence-electron chi connectivity index (χ0n) is 15.3. The van der Waals surface area contributed by atoms with Gasteiger partial charge < -0.3 is 21.5 Å². The first-order valence-corrected chi connectivity index (χ1v) is 9.21. The Morgan fingerprint density at radius 2 is 1.75 bits per heavy atom. The average Bonchev–Trinajstić information content (AvgIpc) is 3.08. The normalized spacial score (nSPS) is 22.6. The Balaban J connectivity index is 1.39. The Morgan fingerprint density at radius 3 is 2.39 bits per heavy atom. The fraction of sp³-hybridized carbons (Fsp3) is 0.300. The lowest BCUT2D eigenvalue weighted by Gasteiger charge is -2.13. The number of fused-ring (bicyclic) bond motifs is 1. The molecule has 8 nitrogen and oxygen atoms in total. The van der Waals surface area contributed by atoms with E-state index in [0.29, 0.717) is 23.3 Å². The summed E-state index contributed by atoms with van der Waals surface area (Å²) < 4.78 is 5.65. The Hall–Kier alpha value is -3.42. The van der Waals surface area contributed by atoms with Crippen molar-refractivity contribution >= 4 is 17.8 Å². The molecule has 1 aromatic heterocycles. The van der Waals surface area contributed by atoms with Crippen molar-refractivity contribution in [3.63, 3.8) is 0 Å². The first-order chi connectivity index (χ1) is 13.6. The number of nitrogens with two attached hydrogens (primary N) is 2. The molecule has 4 rings (SSSR count). The summed E-state index contributed by atoms with van der Waals surface area (Å²) in [5.74, 6) is 1.17. The van der Waals surface area contributed by atoms with E-state index in [0.717, 1.165) is 18.4 Å². The Labute approximate surface area is 162 Å². The third-order valence-corrected chi connectivity index (χ3v) is 5.06. The van der Waals surface area contributed by atoms with Gasteiger partial charge in [-0.1, -0.05) is 36.4 Å². The Morgan fingerprint density at radius 1 is 1.07 bits per heavy atom. The first kappa shape index (κ1) is 18.0. The molecular formula is C20H22N6O2. The van der Waals surface area contributed by atoms with Crippen LogP contribution in [0.4, 0.5) is 11.9 Å². The molecule has 1 aromatic carbocycles. The third-order valence-electron chi connectivity index (χ3n) is 5.06. The van der Waals surface area contributed by atoms with E-state index in [1.165, 1.54) is 0 Å². The minimum Gasteiger partial charge on any atom is -0.458 e. The predicted molar refractivity (Wildman–Crippen MR) is 105 cm³/mol. The van der Waals surface area contributed by atoms with Gasteiger partial charge in [0.15, 0.2) is 0 Å². The lowest BCUT2D eigenvalue weighted by molar-refractivity contribution is 0.1000. The quantitative estimate of drug-likeness (QED) is 0.701. The van der Waals surface area contributed by atoms with E-state index in [4.69, 9.17) is 16.2 Å². The highest BCUT2D eigenvalue weighted by Crippen LogP contribution is 2.37. The smallest absolute Gasteiger partial charge is 0.323 e. The van der Waals surface area contributed by atoms with Crippen LogP contribution in [0.3, 0.4) is 0 Å². The number of ether oxygens (including phenoxy) is 1. The predicted octanol–water partition coefficient (Wildman–Crippen LogP) is 2.06. The zero-order chi connectivity index (χ0) is 19.5. The summed E-state index contributed by atoms with van der Waals surface area (Å²) in [4.78, 5) is 23.7. The number of rotatable bonds is 6. The van der Waals surface area contributed by atoms with Crippen molar-refractivity contribution in [1.82, 2.24) is 15.0 Å². The van der Waals surface area contributed by atoms with Gasteiger partial charge in [-0.15, -0.1) is 0 Å². The number of carbonyl (C=O) groups is 1. The standard InChI is InChI=1S/C20H22N6O2/c21-17(27)13-7-5-12(6-8-13)11-28-20-25-18(22)24-19(26-20)23-16-9-14-3-1-2-4-15(14)10-16/h1-8,14-16H,9-11H2,(H2,21,27)(H3,22,23,24,25,26)/t14-,15?,16?/m1/s1. The summed E-state index contributed by atoms with van der Waals surface area (Å²) in [5, 5.41) is 3.36. The highest BCUT2D eigenvalue weighted by Gasteiger charge is 2.32. The number of primary amides is 1. The fourth-order valence-electron chi connectivity index (χ4n) is 3.67. The molecule has 1 heterocycles. The molecule has 0 aliphatic heterocycles. The molecule has 5 N–H and O–H groups in total. The van der Waals surface area contributed by atoms with Gasteiger partial charge in [-0.3, -0.25) is 4.79 Å². The molecule has 1 saturated carbocycles.